The van der Waals surface area contributed by atoms with Crippen LogP contribution in [0.25, 0.3) is 10.9 Å². The Hall–Kier alpha value is -3.42. The monoisotopic (exact) mass is 438 g/mol. The van der Waals surface area contributed by atoms with E-state index in [9.17, 15) is 4.39 Å². The van der Waals surface area contributed by atoms with Gasteiger partial charge >= 0.3 is 188 Å². The number of fused-ring (bicyclic) bond motifs is 1. The van der Waals surface area contributed by atoms with Gasteiger partial charge in [0.05, 0.1) is 0 Å². The third-order valence-corrected chi connectivity index (χ3v) is 10.9. The van der Waals surface area contributed by atoms with Crippen molar-refractivity contribution in [2.75, 3.05) is 0 Å². The van der Waals surface area contributed by atoms with Crippen LogP contribution in [-0.2, 0) is 6.16 Å². The number of rotatable bonds is 5. The first-order valence-corrected chi connectivity index (χ1v) is 13.0. The topological polar surface area (TPSA) is 25.8 Å². The second-order valence-corrected chi connectivity index (χ2v) is 11.9. The normalized spacial score (nSPS) is 12.1. The summed E-state index contributed by atoms with van der Waals surface area (Å²) in [5, 5.41) is 4.62. The van der Waals surface area contributed by atoms with Gasteiger partial charge in [0, 0.05) is 0 Å². The van der Waals surface area contributed by atoms with Gasteiger partial charge in [0.15, 0.2) is 0 Å². The molecule has 0 aliphatic carbocycles. The minimum atomic E-state index is -2.54. The summed E-state index contributed by atoms with van der Waals surface area (Å²) in [5.41, 5.74) is 1.20. The number of benzene rings is 4. The van der Waals surface area contributed by atoms with Crippen molar-refractivity contribution >= 4 is 34.1 Å². The Balaban J connectivity index is 1.79. The number of aryl methyl sites for hydroxylation is 1. The van der Waals surface area contributed by atoms with Gasteiger partial charge in [-0.1, -0.05) is 0 Å². The molecule has 0 saturated heterocycles. The van der Waals surface area contributed by atoms with Gasteiger partial charge in [0.1, 0.15) is 0 Å². The molecule has 1 heterocycles. The molecule has 0 N–H and O–H groups in total. The van der Waals surface area contributed by atoms with Gasteiger partial charge < -0.3 is 0 Å². The fraction of sp³-hybridized carbons (Fsp3) is 0.0714. The third-order valence-electron chi connectivity index (χ3n) is 6.14. The molecular formula is C28H24FN2P. The van der Waals surface area contributed by atoms with E-state index in [0.29, 0.717) is 17.5 Å². The number of hydrogen-bond donors (Lipinski definition) is 0. The van der Waals surface area contributed by atoms with Crippen molar-refractivity contribution in [3.05, 3.63) is 127 Å². The molecule has 5 aromatic rings. The van der Waals surface area contributed by atoms with Crippen LogP contribution in [0.1, 0.15) is 11.5 Å². The summed E-state index contributed by atoms with van der Waals surface area (Å²) in [6.07, 6.45) is 0.649. The summed E-state index contributed by atoms with van der Waals surface area (Å²) in [7, 11) is -2.54. The van der Waals surface area contributed by atoms with Crippen LogP contribution in [0.3, 0.4) is 0 Å². The van der Waals surface area contributed by atoms with E-state index in [1.807, 2.05) is 31.2 Å². The summed E-state index contributed by atoms with van der Waals surface area (Å²) in [6, 6.07) is 37.0. The van der Waals surface area contributed by atoms with Gasteiger partial charge in [0.2, 0.25) is 0 Å². The molecule has 0 unspecified atom stereocenters. The van der Waals surface area contributed by atoms with Crippen LogP contribution in [0, 0.1) is 12.7 Å². The molecule has 0 amide bonds. The molecule has 4 aromatic carbocycles. The summed E-state index contributed by atoms with van der Waals surface area (Å²) < 4.78 is 14.7. The molecule has 5 rings (SSSR count). The van der Waals surface area contributed by atoms with Crippen molar-refractivity contribution in [1.82, 2.24) is 9.97 Å². The van der Waals surface area contributed by atoms with Crippen LogP contribution < -0.4 is 15.9 Å². The average Bonchev–Trinajstić information content (AvgIpc) is 2.85. The Bertz CT molecular complexity index is 1260. The summed E-state index contributed by atoms with van der Waals surface area (Å²) in [4.78, 5) is 9.61. The SMILES string of the molecule is Cc1nc(C[PH](c2ccccc2)(c2ccccc2)c2ccccc2)nc2c(F)cccc12. The van der Waals surface area contributed by atoms with Gasteiger partial charge in [-0.25, -0.2) is 0 Å². The second-order valence-electron chi connectivity index (χ2n) is 8.04. The summed E-state index contributed by atoms with van der Waals surface area (Å²) >= 11 is 0. The molecule has 158 valence electrons. The molecule has 0 aliphatic rings. The average molecular weight is 438 g/mol. The van der Waals surface area contributed by atoms with E-state index in [1.165, 1.54) is 22.0 Å². The van der Waals surface area contributed by atoms with E-state index >= 15 is 0 Å². The van der Waals surface area contributed by atoms with Gasteiger partial charge in [0.25, 0.3) is 0 Å². The molecule has 32 heavy (non-hydrogen) atoms. The number of hydrogen-bond acceptors (Lipinski definition) is 2. The van der Waals surface area contributed by atoms with Crippen molar-refractivity contribution in [1.29, 1.82) is 0 Å². The zero-order chi connectivity index (χ0) is 22.0. The molecule has 4 heteroatoms. The number of para-hydroxylation sites is 1. The van der Waals surface area contributed by atoms with E-state index < -0.39 is 7.26 Å². The first-order chi connectivity index (χ1) is 15.7. The number of halogens is 1. The summed E-state index contributed by atoms with van der Waals surface area (Å²) in [6.45, 7) is 1.93. The van der Waals surface area contributed by atoms with Crippen LogP contribution >= 0.6 is 7.26 Å². The molecule has 0 bridgehead atoms. The Morgan fingerprint density at radius 1 is 0.625 bits per heavy atom. The maximum absolute atomic E-state index is 14.7. The first-order valence-electron chi connectivity index (χ1n) is 10.8. The number of aromatic nitrogens is 2. The molecule has 0 aliphatic heterocycles. The maximum atomic E-state index is 14.7. The van der Waals surface area contributed by atoms with Crippen LogP contribution in [0.2, 0.25) is 0 Å². The molecule has 0 radical (unpaired) electrons. The van der Waals surface area contributed by atoms with Crippen molar-refractivity contribution in [2.24, 2.45) is 0 Å². The van der Waals surface area contributed by atoms with Crippen molar-refractivity contribution in [2.45, 2.75) is 13.1 Å². The molecular weight excluding hydrogens is 414 g/mol. The van der Waals surface area contributed by atoms with Gasteiger partial charge in [-0.15, -0.1) is 0 Å². The number of nitrogens with zero attached hydrogens (tertiary/aromatic N) is 2. The van der Waals surface area contributed by atoms with Crippen LogP contribution in [-0.4, -0.2) is 9.97 Å². The molecule has 1 aromatic heterocycles. The zero-order valence-electron chi connectivity index (χ0n) is 17.9. The Labute approximate surface area is 188 Å². The Morgan fingerprint density at radius 3 is 1.62 bits per heavy atom. The molecule has 0 atom stereocenters. The van der Waals surface area contributed by atoms with Gasteiger partial charge in [-0.05, 0) is 0 Å². The van der Waals surface area contributed by atoms with Crippen molar-refractivity contribution in [3.63, 3.8) is 0 Å². The molecule has 2 nitrogen and oxygen atoms in total. The molecule has 0 saturated carbocycles. The predicted octanol–water partition coefficient (Wildman–Crippen LogP) is 5.30. The van der Waals surface area contributed by atoms with Gasteiger partial charge in [-0.3, -0.25) is 0 Å². The van der Waals surface area contributed by atoms with Crippen LogP contribution in [0.4, 0.5) is 4.39 Å². The van der Waals surface area contributed by atoms with Crippen LogP contribution in [0.5, 0.6) is 0 Å². The molecule has 0 spiro atoms. The molecule has 0 fully saturated rings. The van der Waals surface area contributed by atoms with Gasteiger partial charge in [-0.2, -0.15) is 0 Å². The van der Waals surface area contributed by atoms with E-state index in [0.717, 1.165) is 11.1 Å². The van der Waals surface area contributed by atoms with E-state index in [-0.39, 0.29) is 5.82 Å². The van der Waals surface area contributed by atoms with E-state index in [2.05, 4.69) is 72.8 Å². The predicted molar refractivity (Wildman–Crippen MR) is 134 cm³/mol. The first kappa shape index (κ1) is 20.5. The van der Waals surface area contributed by atoms with Crippen molar-refractivity contribution < 1.29 is 4.39 Å². The fourth-order valence-electron chi connectivity index (χ4n) is 4.62. The van der Waals surface area contributed by atoms with E-state index in [1.54, 1.807) is 6.07 Å². The van der Waals surface area contributed by atoms with Crippen LogP contribution in [0.15, 0.2) is 109 Å². The standard InChI is InChI=1S/C28H24FN2P/c1-21-25-18-11-19-26(29)28(25)31-27(30-21)20-32(22-12-5-2-6-13-22,23-14-7-3-8-15-23)24-16-9-4-10-17-24/h2-19,32H,20H2,1H3. The Kier molecular flexibility index (Phi) is 5.51. The fourth-order valence-corrected chi connectivity index (χ4v) is 9.15. The zero-order valence-corrected chi connectivity index (χ0v) is 18.9. The van der Waals surface area contributed by atoms with E-state index in [4.69, 9.17) is 9.97 Å². The second kappa shape index (κ2) is 8.61. The third kappa shape index (κ3) is 3.59. The quantitative estimate of drug-likeness (QED) is 0.348. The Morgan fingerprint density at radius 2 is 1.12 bits per heavy atom. The van der Waals surface area contributed by atoms with Crippen molar-refractivity contribution in [3.8, 4) is 0 Å². The minimum absolute atomic E-state index is 0.305. The summed E-state index contributed by atoms with van der Waals surface area (Å²) in [5.74, 6) is 0.379.